The van der Waals surface area contributed by atoms with Crippen LogP contribution in [0, 0.1) is 17.8 Å². The molecule has 1 fully saturated rings. The zero-order valence-corrected chi connectivity index (χ0v) is 12.8. The number of aromatic nitrogens is 1. The van der Waals surface area contributed by atoms with Gasteiger partial charge < -0.3 is 5.73 Å². The standard InChI is InChI=1S/C14H21F3N2S/c1-8(2)10-5-4-9(3)6-13(10,18)11-7-19-12(20-11)14(15,16)17/h7-10H,4-6,18H2,1-3H3. The van der Waals surface area contributed by atoms with Crippen molar-refractivity contribution in [1.29, 1.82) is 0 Å². The smallest absolute Gasteiger partial charge is 0.320 e. The fraction of sp³-hybridized carbons (Fsp3) is 0.786. The molecule has 0 saturated heterocycles. The average molecular weight is 306 g/mol. The summed E-state index contributed by atoms with van der Waals surface area (Å²) < 4.78 is 38.2. The lowest BCUT2D eigenvalue weighted by molar-refractivity contribution is -0.137. The lowest BCUT2D eigenvalue weighted by atomic mass is 9.65. The third-order valence-corrected chi connectivity index (χ3v) is 5.57. The second kappa shape index (κ2) is 5.30. The van der Waals surface area contributed by atoms with E-state index in [-0.39, 0.29) is 5.92 Å². The van der Waals surface area contributed by atoms with Gasteiger partial charge in [0.2, 0.25) is 0 Å². The van der Waals surface area contributed by atoms with Crippen LogP contribution in [0.5, 0.6) is 0 Å². The Labute approximate surface area is 121 Å². The Morgan fingerprint density at radius 1 is 1.40 bits per heavy atom. The average Bonchev–Trinajstić information content (AvgIpc) is 2.77. The molecule has 2 N–H and O–H groups in total. The van der Waals surface area contributed by atoms with Crippen molar-refractivity contribution in [3.05, 3.63) is 16.1 Å². The van der Waals surface area contributed by atoms with Crippen molar-refractivity contribution in [3.8, 4) is 0 Å². The van der Waals surface area contributed by atoms with Crippen molar-refractivity contribution in [3.63, 3.8) is 0 Å². The minimum atomic E-state index is -4.38. The maximum Gasteiger partial charge on any atom is 0.443 e. The van der Waals surface area contributed by atoms with Gasteiger partial charge in [0, 0.05) is 11.1 Å². The van der Waals surface area contributed by atoms with Crippen molar-refractivity contribution in [2.45, 2.75) is 51.7 Å². The second-order valence-corrected chi connectivity index (χ2v) is 7.34. The Morgan fingerprint density at radius 2 is 2.05 bits per heavy atom. The van der Waals surface area contributed by atoms with Crippen LogP contribution in [0.15, 0.2) is 6.20 Å². The van der Waals surface area contributed by atoms with Crippen molar-refractivity contribution >= 4 is 11.3 Å². The Hall–Kier alpha value is -0.620. The molecule has 1 aliphatic rings. The van der Waals surface area contributed by atoms with E-state index in [1.165, 1.54) is 6.20 Å². The van der Waals surface area contributed by atoms with Gasteiger partial charge in [0.25, 0.3) is 0 Å². The highest BCUT2D eigenvalue weighted by Crippen LogP contribution is 2.48. The number of rotatable bonds is 2. The number of hydrogen-bond acceptors (Lipinski definition) is 3. The van der Waals surface area contributed by atoms with E-state index >= 15 is 0 Å². The van der Waals surface area contributed by atoms with E-state index in [1.54, 1.807) is 0 Å². The molecule has 1 aliphatic carbocycles. The lowest BCUT2D eigenvalue weighted by Crippen LogP contribution is -2.49. The maximum atomic E-state index is 12.7. The van der Waals surface area contributed by atoms with Gasteiger partial charge in [0.1, 0.15) is 0 Å². The molecule has 3 unspecified atom stereocenters. The van der Waals surface area contributed by atoms with E-state index in [0.29, 0.717) is 28.0 Å². The molecule has 1 aromatic rings. The molecule has 1 heterocycles. The molecular weight excluding hydrogens is 285 g/mol. The summed E-state index contributed by atoms with van der Waals surface area (Å²) in [6, 6.07) is 0. The van der Waals surface area contributed by atoms with Gasteiger partial charge in [-0.05, 0) is 30.6 Å². The molecule has 2 rings (SSSR count). The molecule has 0 spiro atoms. The highest BCUT2D eigenvalue weighted by molar-refractivity contribution is 7.11. The molecule has 2 nitrogen and oxygen atoms in total. The molecule has 3 atom stereocenters. The Balaban J connectivity index is 2.37. The monoisotopic (exact) mass is 306 g/mol. The SMILES string of the molecule is CC1CCC(C(C)C)C(N)(c2cnc(C(F)(F)F)s2)C1. The summed E-state index contributed by atoms with van der Waals surface area (Å²) in [5, 5.41) is -0.793. The molecule has 20 heavy (non-hydrogen) atoms. The van der Waals surface area contributed by atoms with Crippen LogP contribution in [0.3, 0.4) is 0 Å². The van der Waals surface area contributed by atoms with E-state index in [9.17, 15) is 13.2 Å². The van der Waals surface area contributed by atoms with Crippen molar-refractivity contribution in [2.24, 2.45) is 23.5 Å². The Morgan fingerprint density at radius 3 is 2.55 bits per heavy atom. The summed E-state index contributed by atoms with van der Waals surface area (Å²) in [6.45, 7) is 6.30. The normalized spacial score (nSPS) is 31.8. The summed E-state index contributed by atoms with van der Waals surface area (Å²) in [4.78, 5) is 4.12. The first-order valence-electron chi connectivity index (χ1n) is 6.97. The molecule has 0 bridgehead atoms. The van der Waals surface area contributed by atoms with Crippen molar-refractivity contribution in [2.75, 3.05) is 0 Å². The van der Waals surface area contributed by atoms with Crippen LogP contribution >= 0.6 is 11.3 Å². The highest BCUT2D eigenvalue weighted by atomic mass is 32.1. The number of hydrogen-bond donors (Lipinski definition) is 1. The van der Waals surface area contributed by atoms with Crippen LogP contribution in [0.25, 0.3) is 0 Å². The fourth-order valence-corrected chi connectivity index (χ4v) is 4.34. The highest BCUT2D eigenvalue weighted by Gasteiger charge is 2.45. The molecule has 114 valence electrons. The number of nitrogens with zero attached hydrogens (tertiary/aromatic N) is 1. The van der Waals surface area contributed by atoms with Gasteiger partial charge in [-0.15, -0.1) is 11.3 Å². The Bertz CT molecular complexity index is 469. The van der Waals surface area contributed by atoms with E-state index in [1.807, 2.05) is 0 Å². The van der Waals surface area contributed by atoms with E-state index in [2.05, 4.69) is 25.8 Å². The summed E-state index contributed by atoms with van der Waals surface area (Å²) in [6.07, 6.45) is -0.259. The van der Waals surface area contributed by atoms with Crippen LogP contribution in [0.2, 0.25) is 0 Å². The quantitative estimate of drug-likeness (QED) is 0.879. The third-order valence-electron chi connectivity index (χ3n) is 4.33. The summed E-state index contributed by atoms with van der Waals surface area (Å²) in [5.74, 6) is 0.996. The number of alkyl halides is 3. The van der Waals surface area contributed by atoms with E-state index in [4.69, 9.17) is 5.73 Å². The summed E-state index contributed by atoms with van der Waals surface area (Å²) in [7, 11) is 0. The largest absolute Gasteiger partial charge is 0.443 e. The van der Waals surface area contributed by atoms with Crippen LogP contribution in [-0.4, -0.2) is 4.98 Å². The van der Waals surface area contributed by atoms with E-state index in [0.717, 1.165) is 19.3 Å². The summed E-state index contributed by atoms with van der Waals surface area (Å²) in [5.41, 5.74) is 5.90. The molecule has 0 aromatic carbocycles. The first kappa shape index (κ1) is 15.8. The van der Waals surface area contributed by atoms with Gasteiger partial charge in [-0.2, -0.15) is 13.2 Å². The van der Waals surface area contributed by atoms with Crippen LogP contribution in [0.4, 0.5) is 13.2 Å². The molecule has 0 amide bonds. The van der Waals surface area contributed by atoms with Gasteiger partial charge in [-0.1, -0.05) is 27.2 Å². The summed E-state index contributed by atoms with van der Waals surface area (Å²) >= 11 is 0.707. The Kier molecular flexibility index (Phi) is 4.17. The second-order valence-electron chi connectivity index (χ2n) is 6.30. The van der Waals surface area contributed by atoms with Crippen LogP contribution < -0.4 is 5.73 Å². The number of thiazole rings is 1. The van der Waals surface area contributed by atoms with Gasteiger partial charge in [-0.25, -0.2) is 4.98 Å². The fourth-order valence-electron chi connectivity index (χ4n) is 3.38. The third kappa shape index (κ3) is 2.86. The zero-order chi connectivity index (χ0) is 15.1. The first-order chi connectivity index (χ1) is 9.14. The molecular formula is C14H21F3N2S. The lowest BCUT2D eigenvalue weighted by Gasteiger charge is -2.45. The minimum Gasteiger partial charge on any atom is -0.320 e. The van der Waals surface area contributed by atoms with Gasteiger partial charge in [0.05, 0.1) is 5.54 Å². The number of halogens is 3. The predicted octanol–water partition coefficient (Wildman–Crippen LogP) is 4.41. The topological polar surface area (TPSA) is 38.9 Å². The maximum absolute atomic E-state index is 12.7. The van der Waals surface area contributed by atoms with Crippen LogP contribution in [0.1, 0.15) is 49.9 Å². The van der Waals surface area contributed by atoms with Gasteiger partial charge >= 0.3 is 6.18 Å². The minimum absolute atomic E-state index is 0.209. The molecule has 1 aromatic heterocycles. The molecule has 6 heteroatoms. The molecule has 1 saturated carbocycles. The first-order valence-corrected chi connectivity index (χ1v) is 7.78. The van der Waals surface area contributed by atoms with Gasteiger partial charge in [0.15, 0.2) is 5.01 Å². The van der Waals surface area contributed by atoms with Crippen molar-refractivity contribution < 1.29 is 13.2 Å². The predicted molar refractivity (Wildman–Crippen MR) is 74.3 cm³/mol. The number of nitrogens with two attached hydrogens (primary N) is 1. The zero-order valence-electron chi connectivity index (χ0n) is 12.0. The van der Waals surface area contributed by atoms with E-state index < -0.39 is 16.7 Å². The molecule has 0 aliphatic heterocycles. The van der Waals surface area contributed by atoms with Gasteiger partial charge in [-0.3, -0.25) is 0 Å². The van der Waals surface area contributed by atoms with Crippen LogP contribution in [-0.2, 0) is 11.7 Å². The van der Waals surface area contributed by atoms with Crippen molar-refractivity contribution in [1.82, 2.24) is 4.98 Å². The molecule has 0 radical (unpaired) electrons.